The number of ether oxygens (including phenoxy) is 1. The van der Waals surface area contributed by atoms with Gasteiger partial charge in [0, 0.05) is 6.42 Å². The van der Waals surface area contributed by atoms with E-state index >= 15 is 0 Å². The van der Waals surface area contributed by atoms with Gasteiger partial charge in [-0.3, -0.25) is 0 Å². The van der Waals surface area contributed by atoms with Crippen LogP contribution >= 0.6 is 0 Å². The molecule has 0 spiro atoms. The molecule has 52 valence electrons. The zero-order valence-corrected chi connectivity index (χ0v) is 5.58. The van der Waals surface area contributed by atoms with E-state index in [1.54, 1.807) is 13.0 Å². The van der Waals surface area contributed by atoms with Crippen molar-refractivity contribution in [3.8, 4) is 0 Å². The highest BCUT2D eigenvalue weighted by molar-refractivity contribution is 4.98. The molecule has 0 unspecified atom stereocenters. The number of hydrogen-bond acceptors (Lipinski definition) is 2. The molecule has 0 aliphatic carbocycles. The number of epoxide rings is 1. The van der Waals surface area contributed by atoms with E-state index in [4.69, 9.17) is 9.84 Å². The summed E-state index contributed by atoms with van der Waals surface area (Å²) in [5.74, 6) is 0. The Hall–Kier alpha value is -0.340. The minimum absolute atomic E-state index is 0.208. The van der Waals surface area contributed by atoms with Crippen molar-refractivity contribution in [3.63, 3.8) is 0 Å². The Bertz CT molecular complexity index is 109. The first kappa shape index (κ1) is 6.78. The van der Waals surface area contributed by atoms with Gasteiger partial charge in [0.1, 0.15) is 6.10 Å². The van der Waals surface area contributed by atoms with Crippen LogP contribution in [0.15, 0.2) is 12.7 Å². The first-order valence-corrected chi connectivity index (χ1v) is 3.20. The molecule has 1 N–H and O–H groups in total. The van der Waals surface area contributed by atoms with Gasteiger partial charge in [-0.05, 0) is 6.92 Å². The maximum absolute atomic E-state index is 8.86. The van der Waals surface area contributed by atoms with Crippen molar-refractivity contribution in [1.82, 2.24) is 0 Å². The molecule has 9 heavy (non-hydrogen) atoms. The van der Waals surface area contributed by atoms with Crippen LogP contribution in [0.1, 0.15) is 13.3 Å². The van der Waals surface area contributed by atoms with E-state index in [0.717, 1.165) is 6.42 Å². The van der Waals surface area contributed by atoms with Crippen LogP contribution in [-0.4, -0.2) is 23.4 Å². The highest BCUT2D eigenvalue weighted by Crippen LogP contribution is 2.26. The van der Waals surface area contributed by atoms with Crippen LogP contribution < -0.4 is 0 Å². The molecule has 0 aromatic carbocycles. The second-order valence-corrected chi connectivity index (χ2v) is 2.46. The third-order valence-electron chi connectivity index (χ3n) is 1.43. The molecule has 0 bridgehead atoms. The molecule has 0 radical (unpaired) electrons. The number of rotatable bonds is 3. The quantitative estimate of drug-likeness (QED) is 0.448. The van der Waals surface area contributed by atoms with E-state index < -0.39 is 0 Å². The van der Waals surface area contributed by atoms with E-state index in [-0.39, 0.29) is 18.3 Å². The molecule has 0 aromatic rings. The SMILES string of the molecule is C=C[C@@H]1O[C@H]1C[C@H](C)O. The second-order valence-electron chi connectivity index (χ2n) is 2.46. The van der Waals surface area contributed by atoms with Crippen molar-refractivity contribution < 1.29 is 9.84 Å². The lowest BCUT2D eigenvalue weighted by Crippen LogP contribution is -2.04. The molecule has 0 amide bonds. The van der Waals surface area contributed by atoms with E-state index in [9.17, 15) is 0 Å². The van der Waals surface area contributed by atoms with Gasteiger partial charge in [0.05, 0.1) is 12.2 Å². The first-order valence-electron chi connectivity index (χ1n) is 3.20. The predicted octanol–water partition coefficient (Wildman–Crippen LogP) is 0.711. The van der Waals surface area contributed by atoms with E-state index in [2.05, 4.69) is 6.58 Å². The molecule has 0 aromatic heterocycles. The minimum Gasteiger partial charge on any atom is -0.393 e. The van der Waals surface area contributed by atoms with Gasteiger partial charge in [-0.2, -0.15) is 0 Å². The van der Waals surface area contributed by atoms with Crippen LogP contribution in [-0.2, 0) is 4.74 Å². The van der Waals surface area contributed by atoms with Crippen LogP contribution in [0.5, 0.6) is 0 Å². The minimum atomic E-state index is -0.250. The fraction of sp³-hybridized carbons (Fsp3) is 0.714. The van der Waals surface area contributed by atoms with Crippen molar-refractivity contribution in [2.45, 2.75) is 31.7 Å². The Balaban J connectivity index is 2.12. The maximum atomic E-state index is 8.86. The fourth-order valence-corrected chi connectivity index (χ4v) is 0.890. The molecule has 2 heteroatoms. The third kappa shape index (κ3) is 1.80. The van der Waals surface area contributed by atoms with Crippen LogP contribution in [0, 0.1) is 0 Å². The van der Waals surface area contributed by atoms with Gasteiger partial charge in [-0.15, -0.1) is 6.58 Å². The summed E-state index contributed by atoms with van der Waals surface area (Å²) in [5.41, 5.74) is 0. The number of aliphatic hydroxyl groups is 1. The summed E-state index contributed by atoms with van der Waals surface area (Å²) < 4.78 is 5.10. The zero-order chi connectivity index (χ0) is 6.85. The molecule has 2 nitrogen and oxygen atoms in total. The lowest BCUT2D eigenvalue weighted by atomic mass is 10.2. The average molecular weight is 128 g/mol. The lowest BCUT2D eigenvalue weighted by molar-refractivity contribution is 0.170. The largest absolute Gasteiger partial charge is 0.393 e. The fourth-order valence-electron chi connectivity index (χ4n) is 0.890. The summed E-state index contributed by atoms with van der Waals surface area (Å²) in [4.78, 5) is 0. The standard InChI is InChI=1S/C7H12O2/c1-3-6-7(9-6)4-5(2)8/h3,5-8H,1,4H2,2H3/t5-,6-,7-/m0/s1. The van der Waals surface area contributed by atoms with Gasteiger partial charge in [0.15, 0.2) is 0 Å². The Labute approximate surface area is 55.1 Å². The molecule has 1 heterocycles. The Morgan fingerprint density at radius 1 is 1.89 bits per heavy atom. The van der Waals surface area contributed by atoms with Gasteiger partial charge in [0.2, 0.25) is 0 Å². The van der Waals surface area contributed by atoms with Crippen LogP contribution in [0.3, 0.4) is 0 Å². The summed E-state index contributed by atoms with van der Waals surface area (Å²) in [6.45, 7) is 5.34. The van der Waals surface area contributed by atoms with Crippen molar-refractivity contribution in [2.24, 2.45) is 0 Å². The monoisotopic (exact) mass is 128 g/mol. The van der Waals surface area contributed by atoms with E-state index in [1.165, 1.54) is 0 Å². The van der Waals surface area contributed by atoms with E-state index in [1.807, 2.05) is 0 Å². The van der Waals surface area contributed by atoms with Crippen LogP contribution in [0.2, 0.25) is 0 Å². The highest BCUT2D eigenvalue weighted by atomic mass is 16.6. The Morgan fingerprint density at radius 2 is 2.56 bits per heavy atom. The van der Waals surface area contributed by atoms with Crippen molar-refractivity contribution in [2.75, 3.05) is 0 Å². The van der Waals surface area contributed by atoms with Crippen LogP contribution in [0.25, 0.3) is 0 Å². The van der Waals surface area contributed by atoms with Gasteiger partial charge >= 0.3 is 0 Å². The van der Waals surface area contributed by atoms with Gasteiger partial charge in [0.25, 0.3) is 0 Å². The lowest BCUT2D eigenvalue weighted by Gasteiger charge is -1.96. The number of aliphatic hydroxyl groups excluding tert-OH is 1. The maximum Gasteiger partial charge on any atom is 0.102 e. The first-order chi connectivity index (χ1) is 4.24. The molecule has 1 rings (SSSR count). The smallest absolute Gasteiger partial charge is 0.102 e. The van der Waals surface area contributed by atoms with Gasteiger partial charge < -0.3 is 9.84 Å². The van der Waals surface area contributed by atoms with E-state index in [0.29, 0.717) is 0 Å². The molecule has 1 fully saturated rings. The van der Waals surface area contributed by atoms with Crippen molar-refractivity contribution >= 4 is 0 Å². The molecule has 3 atom stereocenters. The molecule has 0 saturated carbocycles. The van der Waals surface area contributed by atoms with Crippen LogP contribution in [0.4, 0.5) is 0 Å². The Morgan fingerprint density at radius 3 is 2.89 bits per heavy atom. The topological polar surface area (TPSA) is 32.8 Å². The third-order valence-corrected chi connectivity index (χ3v) is 1.43. The van der Waals surface area contributed by atoms with Gasteiger partial charge in [-0.25, -0.2) is 0 Å². The molecular weight excluding hydrogens is 116 g/mol. The van der Waals surface area contributed by atoms with Gasteiger partial charge in [-0.1, -0.05) is 6.08 Å². The summed E-state index contributed by atoms with van der Waals surface area (Å²) in [5, 5.41) is 8.86. The second kappa shape index (κ2) is 2.50. The summed E-state index contributed by atoms with van der Waals surface area (Å²) in [6.07, 6.45) is 2.70. The molecular formula is C7H12O2. The summed E-state index contributed by atoms with van der Waals surface area (Å²) >= 11 is 0. The molecule has 1 saturated heterocycles. The van der Waals surface area contributed by atoms with Crippen molar-refractivity contribution in [1.29, 1.82) is 0 Å². The molecule has 1 aliphatic heterocycles. The zero-order valence-electron chi connectivity index (χ0n) is 5.58. The predicted molar refractivity (Wildman–Crippen MR) is 35.2 cm³/mol. The summed E-state index contributed by atoms with van der Waals surface area (Å²) in [6, 6.07) is 0. The normalized spacial score (nSPS) is 35.8. The molecule has 1 aliphatic rings. The van der Waals surface area contributed by atoms with Crippen molar-refractivity contribution in [3.05, 3.63) is 12.7 Å². The number of hydrogen-bond donors (Lipinski definition) is 1. The summed E-state index contributed by atoms with van der Waals surface area (Å²) in [7, 11) is 0. The highest BCUT2D eigenvalue weighted by Gasteiger charge is 2.36. The Kier molecular flexibility index (Phi) is 1.88. The average Bonchev–Trinajstić information content (AvgIpc) is 2.45.